The number of halogens is 1. The minimum atomic E-state index is 0.611. The van der Waals surface area contributed by atoms with Gasteiger partial charge in [0.2, 0.25) is 0 Å². The van der Waals surface area contributed by atoms with Crippen molar-refractivity contribution in [1.29, 1.82) is 0 Å². The molecule has 0 aliphatic rings. The molecular weight excluding hydrogens is 272 g/mol. The first-order chi connectivity index (χ1) is 9.70. The Morgan fingerprint density at radius 1 is 1.25 bits per heavy atom. The molecule has 0 spiro atoms. The van der Waals surface area contributed by atoms with Crippen LogP contribution in [0.15, 0.2) is 36.7 Å². The number of nitrogens with one attached hydrogen (secondary N) is 1. The first-order valence-corrected chi connectivity index (χ1v) is 7.16. The topological polar surface area (TPSA) is 34.2 Å². The lowest BCUT2D eigenvalue weighted by Gasteiger charge is -2.12. The second kappa shape index (κ2) is 7.27. The number of aromatic nitrogens is 1. The van der Waals surface area contributed by atoms with Crippen molar-refractivity contribution in [2.24, 2.45) is 0 Å². The predicted molar refractivity (Wildman–Crippen MR) is 82.5 cm³/mol. The third kappa shape index (κ3) is 3.95. The molecule has 2 aromatic rings. The van der Waals surface area contributed by atoms with Gasteiger partial charge in [-0.1, -0.05) is 24.6 Å². The Hall–Kier alpha value is -1.58. The third-order valence-electron chi connectivity index (χ3n) is 2.91. The zero-order valence-corrected chi connectivity index (χ0v) is 12.6. The van der Waals surface area contributed by atoms with Crippen molar-refractivity contribution in [3.8, 4) is 11.5 Å². The van der Waals surface area contributed by atoms with Crippen LogP contribution in [0.25, 0.3) is 0 Å². The van der Waals surface area contributed by atoms with E-state index in [1.807, 2.05) is 37.4 Å². The number of ether oxygens (including phenoxy) is 1. The quantitative estimate of drug-likeness (QED) is 0.804. The molecule has 2 rings (SSSR count). The van der Waals surface area contributed by atoms with Gasteiger partial charge < -0.3 is 10.1 Å². The van der Waals surface area contributed by atoms with E-state index in [1.54, 1.807) is 6.20 Å². The van der Waals surface area contributed by atoms with Gasteiger partial charge in [-0.2, -0.15) is 0 Å². The Labute approximate surface area is 124 Å². The lowest BCUT2D eigenvalue weighted by Crippen LogP contribution is -2.14. The smallest absolute Gasteiger partial charge is 0.146 e. The average molecular weight is 291 g/mol. The molecule has 4 heteroatoms. The Bertz CT molecular complexity index is 572. The predicted octanol–water partition coefficient (Wildman–Crippen LogP) is 4.34. The summed E-state index contributed by atoms with van der Waals surface area (Å²) >= 11 is 6.17. The Morgan fingerprint density at radius 2 is 2.10 bits per heavy atom. The average Bonchev–Trinajstić information content (AvgIpc) is 2.45. The molecule has 0 saturated carbocycles. The van der Waals surface area contributed by atoms with Crippen molar-refractivity contribution < 1.29 is 4.74 Å². The minimum absolute atomic E-state index is 0.611. The third-order valence-corrected chi connectivity index (χ3v) is 3.22. The standard InChI is InChI=1S/C16H19ClN2O/c1-3-7-18-10-13-11-19-8-6-15(13)20-16-9-12(2)4-5-14(16)17/h4-6,8-9,11,18H,3,7,10H2,1-2H3. The summed E-state index contributed by atoms with van der Waals surface area (Å²) in [6, 6.07) is 7.61. The highest BCUT2D eigenvalue weighted by Gasteiger charge is 2.08. The van der Waals surface area contributed by atoms with Gasteiger partial charge in [0.05, 0.1) is 5.02 Å². The zero-order chi connectivity index (χ0) is 14.4. The van der Waals surface area contributed by atoms with Crippen molar-refractivity contribution in [3.63, 3.8) is 0 Å². The molecule has 106 valence electrons. The Kier molecular flexibility index (Phi) is 5.39. The SMILES string of the molecule is CCCNCc1cnccc1Oc1cc(C)ccc1Cl. The second-order valence-corrected chi connectivity index (χ2v) is 5.10. The number of aryl methyl sites for hydroxylation is 1. The van der Waals surface area contributed by atoms with E-state index in [1.165, 1.54) is 0 Å². The normalized spacial score (nSPS) is 10.6. The van der Waals surface area contributed by atoms with Gasteiger partial charge in [0.25, 0.3) is 0 Å². The van der Waals surface area contributed by atoms with E-state index < -0.39 is 0 Å². The van der Waals surface area contributed by atoms with Crippen LogP contribution in [0.1, 0.15) is 24.5 Å². The van der Waals surface area contributed by atoms with E-state index in [9.17, 15) is 0 Å². The summed E-state index contributed by atoms with van der Waals surface area (Å²) in [5.74, 6) is 1.46. The summed E-state index contributed by atoms with van der Waals surface area (Å²) in [7, 11) is 0. The van der Waals surface area contributed by atoms with Gasteiger partial charge in [-0.25, -0.2) is 0 Å². The fraction of sp³-hybridized carbons (Fsp3) is 0.312. The van der Waals surface area contributed by atoms with Crippen LogP contribution in [-0.4, -0.2) is 11.5 Å². The molecule has 1 N–H and O–H groups in total. The van der Waals surface area contributed by atoms with Crippen LogP contribution < -0.4 is 10.1 Å². The molecule has 0 bridgehead atoms. The van der Waals surface area contributed by atoms with Crippen LogP contribution in [0.2, 0.25) is 5.02 Å². The van der Waals surface area contributed by atoms with Crippen molar-refractivity contribution in [1.82, 2.24) is 10.3 Å². The largest absolute Gasteiger partial charge is 0.455 e. The summed E-state index contributed by atoms with van der Waals surface area (Å²) in [5.41, 5.74) is 2.14. The number of hydrogen-bond donors (Lipinski definition) is 1. The van der Waals surface area contributed by atoms with Crippen LogP contribution in [0.3, 0.4) is 0 Å². The molecule has 0 unspecified atom stereocenters. The molecule has 1 aromatic carbocycles. The number of rotatable bonds is 6. The minimum Gasteiger partial charge on any atom is -0.455 e. The zero-order valence-electron chi connectivity index (χ0n) is 11.8. The maximum atomic E-state index is 6.17. The van der Waals surface area contributed by atoms with Gasteiger partial charge in [-0.15, -0.1) is 0 Å². The van der Waals surface area contributed by atoms with Crippen LogP contribution >= 0.6 is 11.6 Å². The maximum Gasteiger partial charge on any atom is 0.146 e. The van der Waals surface area contributed by atoms with Gasteiger partial charge >= 0.3 is 0 Å². The molecule has 1 aromatic heterocycles. The van der Waals surface area contributed by atoms with Gasteiger partial charge in [0, 0.05) is 24.5 Å². The highest BCUT2D eigenvalue weighted by molar-refractivity contribution is 6.32. The van der Waals surface area contributed by atoms with Crippen LogP contribution in [0.4, 0.5) is 0 Å². The monoisotopic (exact) mass is 290 g/mol. The lowest BCUT2D eigenvalue weighted by molar-refractivity contribution is 0.471. The molecule has 0 atom stereocenters. The summed E-state index contributed by atoms with van der Waals surface area (Å²) in [5, 5.41) is 3.96. The fourth-order valence-electron chi connectivity index (χ4n) is 1.85. The summed E-state index contributed by atoms with van der Waals surface area (Å²) in [4.78, 5) is 4.15. The maximum absolute atomic E-state index is 6.17. The fourth-order valence-corrected chi connectivity index (χ4v) is 2.01. The van der Waals surface area contributed by atoms with Gasteiger partial charge in [0.1, 0.15) is 11.5 Å². The molecule has 0 saturated heterocycles. The Balaban J connectivity index is 2.18. The number of pyridine rings is 1. The number of hydrogen-bond acceptors (Lipinski definition) is 3. The van der Waals surface area contributed by atoms with Crippen molar-refractivity contribution in [2.45, 2.75) is 26.8 Å². The van der Waals surface area contributed by atoms with Crippen LogP contribution in [0.5, 0.6) is 11.5 Å². The molecule has 3 nitrogen and oxygen atoms in total. The molecule has 0 aliphatic carbocycles. The van der Waals surface area contributed by atoms with Gasteiger partial charge in [-0.05, 0) is 43.7 Å². The first kappa shape index (κ1) is 14.8. The molecule has 1 heterocycles. The number of benzene rings is 1. The van der Waals surface area contributed by atoms with Gasteiger partial charge in [-0.3, -0.25) is 4.98 Å². The van der Waals surface area contributed by atoms with E-state index in [4.69, 9.17) is 16.3 Å². The van der Waals surface area contributed by atoms with Crippen molar-refractivity contribution in [3.05, 3.63) is 52.8 Å². The Morgan fingerprint density at radius 3 is 2.90 bits per heavy atom. The van der Waals surface area contributed by atoms with E-state index in [2.05, 4.69) is 17.2 Å². The molecule has 20 heavy (non-hydrogen) atoms. The van der Waals surface area contributed by atoms with E-state index in [-0.39, 0.29) is 0 Å². The number of nitrogens with zero attached hydrogens (tertiary/aromatic N) is 1. The van der Waals surface area contributed by atoms with E-state index in [0.717, 1.165) is 36.4 Å². The first-order valence-electron chi connectivity index (χ1n) is 6.78. The van der Waals surface area contributed by atoms with Crippen LogP contribution in [-0.2, 0) is 6.54 Å². The van der Waals surface area contributed by atoms with Crippen molar-refractivity contribution >= 4 is 11.6 Å². The van der Waals surface area contributed by atoms with E-state index >= 15 is 0 Å². The van der Waals surface area contributed by atoms with E-state index in [0.29, 0.717) is 10.8 Å². The molecule has 0 radical (unpaired) electrons. The second-order valence-electron chi connectivity index (χ2n) is 4.70. The highest BCUT2D eigenvalue weighted by Crippen LogP contribution is 2.31. The molecular formula is C16H19ClN2O. The highest BCUT2D eigenvalue weighted by atomic mass is 35.5. The summed E-state index contributed by atoms with van der Waals surface area (Å²) in [6.45, 7) is 5.86. The molecule has 0 fully saturated rings. The molecule has 0 amide bonds. The molecule has 0 aliphatic heterocycles. The summed E-state index contributed by atoms with van der Waals surface area (Å²) < 4.78 is 5.94. The summed E-state index contributed by atoms with van der Waals surface area (Å²) in [6.07, 6.45) is 4.64. The van der Waals surface area contributed by atoms with Crippen molar-refractivity contribution in [2.75, 3.05) is 6.54 Å². The lowest BCUT2D eigenvalue weighted by atomic mass is 10.2. The van der Waals surface area contributed by atoms with Crippen LogP contribution in [0, 0.1) is 6.92 Å². The van der Waals surface area contributed by atoms with Gasteiger partial charge in [0.15, 0.2) is 0 Å².